The highest BCUT2D eigenvalue weighted by Gasteiger charge is 2.35. The molecule has 0 unspecified atom stereocenters. The Balaban J connectivity index is 1.26. The van der Waals surface area contributed by atoms with Crippen LogP contribution in [0.2, 0.25) is 0 Å². The van der Waals surface area contributed by atoms with E-state index >= 15 is 0 Å². The van der Waals surface area contributed by atoms with E-state index in [1.54, 1.807) is 32.5 Å². The molecule has 0 spiro atoms. The van der Waals surface area contributed by atoms with Crippen molar-refractivity contribution in [3.63, 3.8) is 0 Å². The van der Waals surface area contributed by atoms with Crippen molar-refractivity contribution >= 4 is 17.0 Å². The van der Waals surface area contributed by atoms with E-state index in [4.69, 9.17) is 19.4 Å². The SMILES string of the molecule is COc1ncnc(C2CC2)c1-c1nc(N(Cc2ccc(-n3nc(C(F)(F)F)cc3C)cc2)CC2COC2)c2[nH]cnc2n1. The van der Waals surface area contributed by atoms with Crippen LogP contribution in [0.25, 0.3) is 28.2 Å². The third-order valence-corrected chi connectivity index (χ3v) is 7.71. The second kappa shape index (κ2) is 10.6. The normalized spacial score (nSPS) is 15.6. The Kier molecular flexibility index (Phi) is 6.72. The first-order valence-electron chi connectivity index (χ1n) is 13.9. The first kappa shape index (κ1) is 27.3. The minimum absolute atomic E-state index is 0.305. The van der Waals surface area contributed by atoms with Crippen LogP contribution in [0.5, 0.6) is 5.88 Å². The fourth-order valence-electron chi connectivity index (χ4n) is 5.34. The Labute approximate surface area is 244 Å². The van der Waals surface area contributed by atoms with Crippen LogP contribution in [-0.4, -0.2) is 66.6 Å². The molecule has 0 atom stereocenters. The second-order valence-corrected chi connectivity index (χ2v) is 10.9. The number of hydrogen-bond acceptors (Lipinski definition) is 9. The summed E-state index contributed by atoms with van der Waals surface area (Å²) < 4.78 is 52.0. The van der Waals surface area contributed by atoms with Gasteiger partial charge in [0.1, 0.15) is 17.4 Å². The average Bonchev–Trinajstić information content (AvgIpc) is 3.57. The molecule has 11 nitrogen and oxygen atoms in total. The Morgan fingerprint density at radius 3 is 2.53 bits per heavy atom. The third kappa shape index (κ3) is 5.26. The zero-order chi connectivity index (χ0) is 29.7. The number of ether oxygens (including phenoxy) is 2. The highest BCUT2D eigenvalue weighted by molar-refractivity contribution is 5.86. The number of H-pyrrole nitrogens is 1. The van der Waals surface area contributed by atoms with E-state index in [9.17, 15) is 13.2 Å². The number of fused-ring (bicyclic) bond motifs is 1. The molecular weight excluding hydrogens is 563 g/mol. The third-order valence-electron chi connectivity index (χ3n) is 7.71. The number of benzene rings is 1. The van der Waals surface area contributed by atoms with Gasteiger partial charge in [-0.05, 0) is 43.5 Å². The van der Waals surface area contributed by atoms with Crippen LogP contribution < -0.4 is 9.64 Å². The first-order valence-corrected chi connectivity index (χ1v) is 13.9. The molecular formula is C29H28F3N9O2. The van der Waals surface area contributed by atoms with Gasteiger partial charge >= 0.3 is 6.18 Å². The number of aromatic amines is 1. The van der Waals surface area contributed by atoms with Gasteiger partial charge in [-0.25, -0.2) is 29.6 Å². The van der Waals surface area contributed by atoms with Crippen molar-refractivity contribution in [2.45, 2.75) is 38.4 Å². The van der Waals surface area contributed by atoms with Gasteiger partial charge in [-0.3, -0.25) is 0 Å². The van der Waals surface area contributed by atoms with Crippen molar-refractivity contribution in [1.82, 2.24) is 39.7 Å². The number of halogens is 3. The van der Waals surface area contributed by atoms with E-state index in [2.05, 4.69) is 29.9 Å². The number of aryl methyl sites for hydroxylation is 1. The van der Waals surface area contributed by atoms with Gasteiger partial charge in [-0.15, -0.1) is 0 Å². The molecule has 14 heteroatoms. The molecule has 1 aliphatic carbocycles. The second-order valence-electron chi connectivity index (χ2n) is 10.9. The molecule has 5 heterocycles. The number of nitrogens with one attached hydrogen (secondary N) is 1. The largest absolute Gasteiger partial charge is 0.480 e. The predicted molar refractivity (Wildman–Crippen MR) is 150 cm³/mol. The Hall–Kier alpha value is -4.59. The van der Waals surface area contributed by atoms with Crippen molar-refractivity contribution in [3.8, 4) is 23.0 Å². The van der Waals surface area contributed by atoms with Crippen LogP contribution in [0, 0.1) is 12.8 Å². The summed E-state index contributed by atoms with van der Waals surface area (Å²) in [6, 6.07) is 8.36. The number of methoxy groups -OCH3 is 1. The minimum Gasteiger partial charge on any atom is -0.480 e. The van der Waals surface area contributed by atoms with E-state index in [-0.39, 0.29) is 0 Å². The van der Waals surface area contributed by atoms with Gasteiger partial charge in [0.15, 0.2) is 23.0 Å². The smallest absolute Gasteiger partial charge is 0.435 e. The van der Waals surface area contributed by atoms with Gasteiger partial charge in [-0.2, -0.15) is 18.3 Å². The molecule has 5 aromatic rings. The minimum atomic E-state index is -4.51. The van der Waals surface area contributed by atoms with Crippen LogP contribution in [-0.2, 0) is 17.5 Å². The molecule has 2 fully saturated rings. The number of aromatic nitrogens is 8. The lowest BCUT2D eigenvalue weighted by Gasteiger charge is -2.33. The van der Waals surface area contributed by atoms with Crippen molar-refractivity contribution in [2.24, 2.45) is 5.92 Å². The highest BCUT2D eigenvalue weighted by Crippen LogP contribution is 2.45. The molecule has 1 aromatic carbocycles. The number of imidazole rings is 1. The number of anilines is 1. The lowest BCUT2D eigenvalue weighted by atomic mass is 10.1. The van der Waals surface area contributed by atoms with Crippen LogP contribution >= 0.6 is 0 Å². The Bertz CT molecular complexity index is 1780. The molecule has 0 bridgehead atoms. The van der Waals surface area contributed by atoms with E-state index in [0.29, 0.717) is 83.8 Å². The van der Waals surface area contributed by atoms with Gasteiger partial charge in [0.2, 0.25) is 5.88 Å². The topological polar surface area (TPSA) is 120 Å². The van der Waals surface area contributed by atoms with Crippen molar-refractivity contribution in [1.29, 1.82) is 0 Å². The van der Waals surface area contributed by atoms with Gasteiger partial charge in [0.25, 0.3) is 0 Å². The molecule has 43 heavy (non-hydrogen) atoms. The molecule has 1 saturated heterocycles. The average molecular weight is 592 g/mol. The van der Waals surface area contributed by atoms with Gasteiger partial charge < -0.3 is 19.4 Å². The molecule has 1 aliphatic heterocycles. The lowest BCUT2D eigenvalue weighted by Crippen LogP contribution is -2.39. The summed E-state index contributed by atoms with van der Waals surface area (Å²) in [5.74, 6) is 2.13. The molecule has 0 amide bonds. The van der Waals surface area contributed by atoms with E-state index in [0.717, 1.165) is 30.2 Å². The maximum Gasteiger partial charge on any atom is 0.435 e. The quantitative estimate of drug-likeness (QED) is 0.256. The lowest BCUT2D eigenvalue weighted by molar-refractivity contribution is -0.141. The maximum absolute atomic E-state index is 13.2. The van der Waals surface area contributed by atoms with Crippen LogP contribution in [0.4, 0.5) is 19.0 Å². The number of hydrogen-bond donors (Lipinski definition) is 1. The van der Waals surface area contributed by atoms with Crippen LogP contribution in [0.3, 0.4) is 0 Å². The molecule has 222 valence electrons. The highest BCUT2D eigenvalue weighted by atomic mass is 19.4. The summed E-state index contributed by atoms with van der Waals surface area (Å²) in [6.45, 7) is 4.03. The summed E-state index contributed by atoms with van der Waals surface area (Å²) in [6.07, 6.45) is 0.652. The number of alkyl halides is 3. The molecule has 2 aliphatic rings. The van der Waals surface area contributed by atoms with E-state index in [1.807, 2.05) is 12.1 Å². The summed E-state index contributed by atoms with van der Waals surface area (Å²) in [5.41, 5.74) is 3.69. The Morgan fingerprint density at radius 1 is 1.09 bits per heavy atom. The van der Waals surface area contributed by atoms with Gasteiger partial charge in [0.05, 0.1) is 38.0 Å². The molecule has 1 N–H and O–H groups in total. The first-order chi connectivity index (χ1) is 20.8. The predicted octanol–water partition coefficient (Wildman–Crippen LogP) is 4.86. The fraction of sp³-hybridized carbons (Fsp3) is 0.379. The zero-order valence-electron chi connectivity index (χ0n) is 23.5. The van der Waals surface area contributed by atoms with Gasteiger partial charge in [-0.1, -0.05) is 12.1 Å². The molecule has 1 saturated carbocycles. The number of nitrogens with zero attached hydrogens (tertiary/aromatic N) is 8. The monoisotopic (exact) mass is 591 g/mol. The molecule has 0 radical (unpaired) electrons. The Morgan fingerprint density at radius 2 is 1.88 bits per heavy atom. The summed E-state index contributed by atoms with van der Waals surface area (Å²) >= 11 is 0. The standard InChI is InChI=1S/C29H28F3N9O2/c1-16-9-21(29(30,31)32)39-41(16)20-7-3-17(4-8-20)10-40(11-18-12-43-13-18)27-24-26(35-14-34-24)37-25(38-27)22-23(19-5-6-19)33-15-36-28(22)42-2/h3-4,7-9,14-15,18-19H,5-6,10-13H2,1-2H3,(H,34,35,37,38). The summed E-state index contributed by atoms with van der Waals surface area (Å²) in [7, 11) is 1.57. The van der Waals surface area contributed by atoms with Crippen LogP contribution in [0.1, 0.15) is 41.4 Å². The van der Waals surface area contributed by atoms with Crippen molar-refractivity contribution in [2.75, 3.05) is 31.8 Å². The molecule has 7 rings (SSSR count). The van der Waals surface area contributed by atoms with E-state index in [1.165, 1.54) is 11.0 Å². The zero-order valence-corrected chi connectivity index (χ0v) is 23.5. The summed E-state index contributed by atoms with van der Waals surface area (Å²) in [4.78, 5) is 28.5. The number of rotatable bonds is 9. The maximum atomic E-state index is 13.2. The molecule has 4 aromatic heterocycles. The van der Waals surface area contributed by atoms with Crippen molar-refractivity contribution in [3.05, 3.63) is 65.6 Å². The van der Waals surface area contributed by atoms with Gasteiger partial charge in [0, 0.05) is 30.6 Å². The fourth-order valence-corrected chi connectivity index (χ4v) is 5.34. The van der Waals surface area contributed by atoms with Crippen molar-refractivity contribution < 1.29 is 22.6 Å². The van der Waals surface area contributed by atoms with E-state index < -0.39 is 11.9 Å². The summed E-state index contributed by atoms with van der Waals surface area (Å²) in [5, 5.41) is 3.77. The van der Waals surface area contributed by atoms with Crippen LogP contribution in [0.15, 0.2) is 43.0 Å².